The number of aryl methyl sites for hydroxylation is 1. The summed E-state index contributed by atoms with van der Waals surface area (Å²) >= 11 is 0. The zero-order valence-corrected chi connectivity index (χ0v) is 25.7. The Morgan fingerprint density at radius 1 is 1.12 bits per heavy atom. The van der Waals surface area contributed by atoms with Crippen molar-refractivity contribution in [2.24, 2.45) is 7.05 Å². The van der Waals surface area contributed by atoms with E-state index >= 15 is 0 Å². The maximum absolute atomic E-state index is 5.54. The number of imidazole rings is 1. The molecule has 0 unspecified atom stereocenters. The highest BCUT2D eigenvalue weighted by Gasteiger charge is 2.38. The molecule has 0 saturated carbocycles. The number of piperazine rings is 1. The maximum atomic E-state index is 5.54. The molecule has 4 heterocycles. The van der Waals surface area contributed by atoms with Crippen LogP contribution in [0.4, 0.5) is 0 Å². The minimum atomic E-state index is 0.0242. The van der Waals surface area contributed by atoms with Gasteiger partial charge in [0.05, 0.1) is 13.2 Å². The highest BCUT2D eigenvalue weighted by molar-refractivity contribution is 5.72. The summed E-state index contributed by atoms with van der Waals surface area (Å²) in [5.74, 6) is 2.08. The van der Waals surface area contributed by atoms with E-state index in [0.717, 1.165) is 81.1 Å². The van der Waals surface area contributed by atoms with Crippen LogP contribution in [0.25, 0.3) is 11.2 Å². The molecule has 0 aliphatic carbocycles. The van der Waals surface area contributed by atoms with Crippen LogP contribution in [-0.4, -0.2) is 88.7 Å². The topological polar surface area (TPSA) is 61.7 Å². The fraction of sp³-hybridized carbons (Fsp3) is 0.625. The Labute approximate surface area is 240 Å². The molecule has 0 radical (unpaired) electrons. The average molecular weight is 548 g/mol. The van der Waals surface area contributed by atoms with Gasteiger partial charge in [-0.2, -0.15) is 0 Å². The van der Waals surface area contributed by atoms with Crippen molar-refractivity contribution in [3.63, 3.8) is 0 Å². The van der Waals surface area contributed by atoms with Gasteiger partial charge in [0.1, 0.15) is 17.1 Å². The number of benzene rings is 1. The minimum Gasteiger partial charge on any atom is -0.497 e. The van der Waals surface area contributed by atoms with E-state index in [0.29, 0.717) is 18.1 Å². The van der Waals surface area contributed by atoms with Crippen LogP contribution in [0.15, 0.2) is 36.5 Å². The standard InChI is InChI=1S/C32H49N7O/c1-8-10-29(39-20-23(2)34-24(3)21-39)31-35-28-17-25(19-33-30(28)37(31)6)22-38-15-13-32(14-16-38,36(4)5)26-11-9-12-27(18-26)40-7/h9,11-12,17-19,23-24,29,34H,8,10,13-16,20-22H2,1-7H3/t23-,24+,29-/m1/s1. The van der Waals surface area contributed by atoms with E-state index in [1.165, 1.54) is 11.1 Å². The molecule has 3 aromatic rings. The van der Waals surface area contributed by atoms with E-state index in [9.17, 15) is 0 Å². The third-order valence-corrected chi connectivity index (χ3v) is 9.24. The van der Waals surface area contributed by atoms with Crippen LogP contribution in [0.2, 0.25) is 0 Å². The molecule has 3 atom stereocenters. The van der Waals surface area contributed by atoms with Crippen molar-refractivity contribution in [3.05, 3.63) is 53.5 Å². The molecule has 8 heteroatoms. The van der Waals surface area contributed by atoms with Gasteiger partial charge in [-0.3, -0.25) is 14.7 Å². The summed E-state index contributed by atoms with van der Waals surface area (Å²) in [6.45, 7) is 11.9. The number of hydrogen-bond acceptors (Lipinski definition) is 7. The van der Waals surface area contributed by atoms with E-state index in [1.54, 1.807) is 7.11 Å². The van der Waals surface area contributed by atoms with Gasteiger partial charge in [0, 0.05) is 63.6 Å². The lowest BCUT2D eigenvalue weighted by molar-refractivity contribution is 0.0505. The first-order valence-corrected chi connectivity index (χ1v) is 15.1. The zero-order chi connectivity index (χ0) is 28.4. The number of nitrogens with zero attached hydrogens (tertiary/aromatic N) is 6. The normalized spacial score (nSPS) is 23.1. The van der Waals surface area contributed by atoms with Gasteiger partial charge in [0.25, 0.3) is 0 Å². The number of likely N-dealkylation sites (tertiary alicyclic amines) is 1. The molecule has 40 heavy (non-hydrogen) atoms. The summed E-state index contributed by atoms with van der Waals surface area (Å²) in [6.07, 6.45) is 6.47. The molecule has 0 amide bonds. The first kappa shape index (κ1) is 29.0. The van der Waals surface area contributed by atoms with Crippen LogP contribution in [0.5, 0.6) is 5.75 Å². The van der Waals surface area contributed by atoms with E-state index in [1.807, 2.05) is 6.07 Å². The highest BCUT2D eigenvalue weighted by Crippen LogP contribution is 2.39. The summed E-state index contributed by atoms with van der Waals surface area (Å²) in [7, 11) is 8.30. The fourth-order valence-corrected chi connectivity index (χ4v) is 7.14. The van der Waals surface area contributed by atoms with Crippen LogP contribution in [0, 0.1) is 0 Å². The van der Waals surface area contributed by atoms with Crippen LogP contribution in [-0.2, 0) is 19.1 Å². The Kier molecular flexibility index (Phi) is 8.80. The predicted molar refractivity (Wildman–Crippen MR) is 163 cm³/mol. The zero-order valence-electron chi connectivity index (χ0n) is 25.7. The molecule has 2 aromatic heterocycles. The van der Waals surface area contributed by atoms with E-state index in [2.05, 4.69) is 97.0 Å². The SMILES string of the molecule is CCC[C@H](c1nc2cc(CN3CCC(c4cccc(OC)c4)(N(C)C)CC3)cnc2n1C)N1C[C@@H](C)N[C@@H](C)C1. The molecule has 0 bridgehead atoms. The number of nitrogens with one attached hydrogen (secondary N) is 1. The quantitative estimate of drug-likeness (QED) is 0.422. The first-order valence-electron chi connectivity index (χ1n) is 15.1. The Bertz CT molecular complexity index is 1270. The number of fused-ring (bicyclic) bond motifs is 1. The van der Waals surface area contributed by atoms with Crippen molar-refractivity contribution in [1.82, 2.24) is 34.6 Å². The lowest BCUT2D eigenvalue weighted by atomic mass is 9.79. The number of hydrogen-bond donors (Lipinski definition) is 1. The van der Waals surface area contributed by atoms with Gasteiger partial charge in [0.15, 0.2) is 5.65 Å². The van der Waals surface area contributed by atoms with Crippen LogP contribution in [0.1, 0.15) is 69.4 Å². The number of aromatic nitrogens is 3. The summed E-state index contributed by atoms with van der Waals surface area (Å²) < 4.78 is 7.77. The molecule has 218 valence electrons. The lowest BCUT2D eigenvalue weighted by Gasteiger charge is -2.46. The number of piperidine rings is 1. The highest BCUT2D eigenvalue weighted by atomic mass is 16.5. The molecule has 1 N–H and O–H groups in total. The van der Waals surface area contributed by atoms with Crippen LogP contribution in [0.3, 0.4) is 0 Å². The maximum Gasteiger partial charge on any atom is 0.159 e. The van der Waals surface area contributed by atoms with E-state index < -0.39 is 0 Å². The van der Waals surface area contributed by atoms with Gasteiger partial charge < -0.3 is 14.6 Å². The summed E-state index contributed by atoms with van der Waals surface area (Å²) in [5.41, 5.74) is 4.61. The van der Waals surface area contributed by atoms with Gasteiger partial charge in [0.2, 0.25) is 0 Å². The number of methoxy groups -OCH3 is 1. The van der Waals surface area contributed by atoms with Gasteiger partial charge in [-0.05, 0) is 76.5 Å². The predicted octanol–water partition coefficient (Wildman–Crippen LogP) is 4.55. The van der Waals surface area contributed by atoms with Crippen molar-refractivity contribution in [2.45, 2.75) is 76.7 Å². The number of rotatable bonds is 9. The minimum absolute atomic E-state index is 0.0242. The van der Waals surface area contributed by atoms with Gasteiger partial charge >= 0.3 is 0 Å². The molecule has 5 rings (SSSR count). The first-order chi connectivity index (χ1) is 19.2. The Morgan fingerprint density at radius 3 is 2.50 bits per heavy atom. The third kappa shape index (κ3) is 5.77. The lowest BCUT2D eigenvalue weighted by Crippen LogP contribution is -2.55. The molecule has 0 spiro atoms. The van der Waals surface area contributed by atoms with Crippen LogP contribution < -0.4 is 10.1 Å². The second kappa shape index (κ2) is 12.1. The largest absolute Gasteiger partial charge is 0.497 e. The van der Waals surface area contributed by atoms with Crippen molar-refractivity contribution in [2.75, 3.05) is 47.4 Å². The Balaban J connectivity index is 1.32. The monoisotopic (exact) mass is 547 g/mol. The molecule has 1 aromatic carbocycles. The second-order valence-electron chi connectivity index (χ2n) is 12.4. The van der Waals surface area contributed by atoms with Gasteiger partial charge in [-0.25, -0.2) is 9.97 Å². The van der Waals surface area contributed by atoms with Crippen molar-refractivity contribution in [3.8, 4) is 5.75 Å². The van der Waals surface area contributed by atoms with Crippen molar-refractivity contribution >= 4 is 11.2 Å². The molecule has 2 fully saturated rings. The smallest absolute Gasteiger partial charge is 0.159 e. The average Bonchev–Trinajstić information content (AvgIpc) is 3.26. The molecule has 2 aliphatic rings. The second-order valence-corrected chi connectivity index (χ2v) is 12.4. The number of pyridine rings is 1. The van der Waals surface area contributed by atoms with Crippen LogP contribution >= 0.6 is 0 Å². The summed E-state index contributed by atoms with van der Waals surface area (Å²) in [6, 6.07) is 12.2. The molecule has 2 saturated heterocycles. The van der Waals surface area contributed by atoms with E-state index in [4.69, 9.17) is 14.7 Å². The van der Waals surface area contributed by atoms with Crippen molar-refractivity contribution < 1.29 is 4.74 Å². The Morgan fingerprint density at radius 2 is 1.85 bits per heavy atom. The summed E-state index contributed by atoms with van der Waals surface area (Å²) in [5, 5.41) is 3.68. The number of ether oxygens (including phenoxy) is 1. The molecular weight excluding hydrogens is 498 g/mol. The Hall–Kier alpha value is -2.52. The molecule has 8 nitrogen and oxygen atoms in total. The van der Waals surface area contributed by atoms with Gasteiger partial charge in [-0.15, -0.1) is 0 Å². The fourth-order valence-electron chi connectivity index (χ4n) is 7.14. The summed E-state index contributed by atoms with van der Waals surface area (Å²) in [4.78, 5) is 17.7. The molecular formula is C32H49N7O. The van der Waals surface area contributed by atoms with E-state index in [-0.39, 0.29) is 5.54 Å². The third-order valence-electron chi connectivity index (χ3n) is 9.24. The van der Waals surface area contributed by atoms with Gasteiger partial charge in [-0.1, -0.05) is 25.5 Å². The molecule has 2 aliphatic heterocycles. The van der Waals surface area contributed by atoms with Crippen molar-refractivity contribution in [1.29, 1.82) is 0 Å².